The van der Waals surface area contributed by atoms with Crippen LogP contribution >= 0.6 is 0 Å². The van der Waals surface area contributed by atoms with Gasteiger partial charge in [-0.25, -0.2) is 0 Å². The summed E-state index contributed by atoms with van der Waals surface area (Å²) in [6, 6.07) is 67.9. The predicted octanol–water partition coefficient (Wildman–Crippen LogP) is 14.4. The lowest BCUT2D eigenvalue weighted by molar-refractivity contribution is 0.660. The number of nitrogens with zero attached hydrogens (tertiary/aromatic N) is 1. The molecule has 0 aliphatic heterocycles. The highest BCUT2D eigenvalue weighted by Crippen LogP contribution is 2.50. The fourth-order valence-corrected chi connectivity index (χ4v) is 8.40. The highest BCUT2D eigenvalue weighted by Gasteiger charge is 2.35. The van der Waals surface area contributed by atoms with Gasteiger partial charge in [-0.1, -0.05) is 147 Å². The van der Waals surface area contributed by atoms with Gasteiger partial charge in [-0.05, 0) is 110 Å². The molecule has 0 radical (unpaired) electrons. The Bertz CT molecular complexity index is 2790. The van der Waals surface area contributed by atoms with Gasteiger partial charge in [-0.15, -0.1) is 0 Å². The van der Waals surface area contributed by atoms with E-state index in [1.54, 1.807) is 0 Å². The fraction of sp³-hybridized carbons (Fsp3) is 0.0588. The lowest BCUT2D eigenvalue weighted by Crippen LogP contribution is -2.16. The smallest absolute Gasteiger partial charge is 0.136 e. The van der Waals surface area contributed by atoms with Crippen LogP contribution in [0.4, 0.5) is 17.1 Å². The highest BCUT2D eigenvalue weighted by molar-refractivity contribution is 6.12. The van der Waals surface area contributed by atoms with Crippen LogP contribution in [0.2, 0.25) is 0 Å². The van der Waals surface area contributed by atoms with E-state index in [1.165, 1.54) is 55.6 Å². The number of benzene rings is 8. The third-order valence-corrected chi connectivity index (χ3v) is 11.1. The van der Waals surface area contributed by atoms with Crippen molar-refractivity contribution in [1.29, 1.82) is 0 Å². The summed E-state index contributed by atoms with van der Waals surface area (Å²) in [6.45, 7) is 4.69. The van der Waals surface area contributed by atoms with E-state index in [-0.39, 0.29) is 5.41 Å². The highest BCUT2D eigenvalue weighted by atomic mass is 16.3. The average Bonchev–Trinajstić information content (AvgIpc) is 3.71. The molecule has 2 nitrogen and oxygen atoms in total. The van der Waals surface area contributed by atoms with Crippen LogP contribution in [0.25, 0.3) is 66.4 Å². The van der Waals surface area contributed by atoms with E-state index in [9.17, 15) is 0 Å². The van der Waals surface area contributed by atoms with E-state index in [0.717, 1.165) is 39.0 Å². The number of rotatable bonds is 6. The molecule has 2 heteroatoms. The van der Waals surface area contributed by atoms with E-state index in [4.69, 9.17) is 4.42 Å². The molecule has 1 aliphatic carbocycles. The normalized spacial score (nSPS) is 12.9. The molecule has 0 amide bonds. The van der Waals surface area contributed by atoms with Crippen LogP contribution in [0.5, 0.6) is 0 Å². The molecule has 8 aromatic carbocycles. The van der Waals surface area contributed by atoms with Crippen molar-refractivity contribution in [2.24, 2.45) is 0 Å². The van der Waals surface area contributed by atoms with Crippen molar-refractivity contribution in [1.82, 2.24) is 0 Å². The fourth-order valence-electron chi connectivity index (χ4n) is 8.40. The third kappa shape index (κ3) is 5.18. The standard InChI is InChI=1S/C51H37NO/c1-51(2)46-19-8-6-16-43(46)44-31-30-41(33-47(44)51)52(39-26-22-35(23-27-39)34-12-4-3-5-13-34)40-28-24-36(25-29-40)37-14-10-15-38(32-37)42-18-11-21-49-50(42)45-17-7-9-20-48(45)53-49/h3-33H,1-2H3. The Kier molecular flexibility index (Phi) is 7.19. The van der Waals surface area contributed by atoms with Crippen molar-refractivity contribution in [3.8, 4) is 44.5 Å². The number of fused-ring (bicyclic) bond motifs is 6. The summed E-state index contributed by atoms with van der Waals surface area (Å²) in [4.78, 5) is 2.39. The zero-order valence-corrected chi connectivity index (χ0v) is 29.8. The van der Waals surface area contributed by atoms with E-state index in [0.29, 0.717) is 0 Å². The van der Waals surface area contributed by atoms with Crippen molar-refractivity contribution in [3.63, 3.8) is 0 Å². The molecule has 9 aromatic rings. The number of hydrogen-bond acceptors (Lipinski definition) is 2. The van der Waals surface area contributed by atoms with Crippen LogP contribution in [0.3, 0.4) is 0 Å². The molecule has 0 saturated heterocycles. The van der Waals surface area contributed by atoms with E-state index >= 15 is 0 Å². The Balaban J connectivity index is 1.05. The van der Waals surface area contributed by atoms with E-state index in [2.05, 4.69) is 195 Å². The van der Waals surface area contributed by atoms with Crippen LogP contribution < -0.4 is 4.90 Å². The Morgan fingerprint density at radius 2 is 0.925 bits per heavy atom. The molecule has 0 atom stereocenters. The molecule has 0 bridgehead atoms. The first-order chi connectivity index (χ1) is 26.0. The molecule has 0 saturated carbocycles. The second-order valence-corrected chi connectivity index (χ2v) is 14.6. The number of hydrogen-bond donors (Lipinski definition) is 0. The van der Waals surface area contributed by atoms with Gasteiger partial charge in [0.05, 0.1) is 0 Å². The van der Waals surface area contributed by atoms with Crippen molar-refractivity contribution >= 4 is 39.0 Å². The second-order valence-electron chi connectivity index (χ2n) is 14.6. The monoisotopic (exact) mass is 679 g/mol. The minimum Gasteiger partial charge on any atom is -0.456 e. The van der Waals surface area contributed by atoms with Gasteiger partial charge in [0.25, 0.3) is 0 Å². The maximum atomic E-state index is 6.21. The lowest BCUT2D eigenvalue weighted by atomic mass is 9.82. The summed E-state index contributed by atoms with van der Waals surface area (Å²) in [5.74, 6) is 0. The molecule has 53 heavy (non-hydrogen) atoms. The van der Waals surface area contributed by atoms with Crippen molar-refractivity contribution in [2.75, 3.05) is 4.90 Å². The first-order valence-electron chi connectivity index (χ1n) is 18.3. The van der Waals surface area contributed by atoms with Crippen molar-refractivity contribution in [3.05, 3.63) is 199 Å². The zero-order valence-electron chi connectivity index (χ0n) is 29.8. The summed E-state index contributed by atoms with van der Waals surface area (Å²) < 4.78 is 6.21. The molecule has 1 heterocycles. The summed E-state index contributed by atoms with van der Waals surface area (Å²) in [5.41, 5.74) is 17.6. The summed E-state index contributed by atoms with van der Waals surface area (Å²) >= 11 is 0. The largest absolute Gasteiger partial charge is 0.456 e. The first-order valence-corrected chi connectivity index (χ1v) is 18.3. The Labute approximate surface area is 310 Å². The van der Waals surface area contributed by atoms with Crippen LogP contribution in [0.15, 0.2) is 192 Å². The van der Waals surface area contributed by atoms with Gasteiger partial charge in [0.2, 0.25) is 0 Å². The van der Waals surface area contributed by atoms with Crippen molar-refractivity contribution < 1.29 is 4.42 Å². The molecule has 1 aliphatic rings. The second kappa shape index (κ2) is 12.3. The molecule has 1 aromatic heterocycles. The van der Waals surface area contributed by atoms with E-state index in [1.807, 2.05) is 12.1 Å². The van der Waals surface area contributed by atoms with Gasteiger partial charge in [-0.2, -0.15) is 0 Å². The molecule has 252 valence electrons. The molecular weight excluding hydrogens is 643 g/mol. The van der Waals surface area contributed by atoms with Crippen LogP contribution in [0, 0.1) is 0 Å². The van der Waals surface area contributed by atoms with Gasteiger partial charge in [0.15, 0.2) is 0 Å². The molecular formula is C51H37NO. The Hall–Kier alpha value is -6.64. The number of furan rings is 1. The molecule has 0 unspecified atom stereocenters. The summed E-state index contributed by atoms with van der Waals surface area (Å²) in [6.07, 6.45) is 0. The van der Waals surface area contributed by atoms with Gasteiger partial charge in [-0.3, -0.25) is 0 Å². The topological polar surface area (TPSA) is 16.4 Å². The lowest BCUT2D eigenvalue weighted by Gasteiger charge is -2.28. The Morgan fingerprint density at radius 3 is 1.72 bits per heavy atom. The minimum absolute atomic E-state index is 0.0906. The van der Waals surface area contributed by atoms with Gasteiger partial charge < -0.3 is 9.32 Å². The van der Waals surface area contributed by atoms with Crippen LogP contribution in [-0.2, 0) is 5.41 Å². The maximum Gasteiger partial charge on any atom is 0.136 e. The van der Waals surface area contributed by atoms with Gasteiger partial charge in [0, 0.05) is 33.2 Å². The molecule has 0 N–H and O–H groups in total. The molecule has 10 rings (SSSR count). The zero-order chi connectivity index (χ0) is 35.5. The first kappa shape index (κ1) is 31.1. The number of para-hydroxylation sites is 1. The predicted molar refractivity (Wildman–Crippen MR) is 222 cm³/mol. The minimum atomic E-state index is -0.0906. The summed E-state index contributed by atoms with van der Waals surface area (Å²) in [5, 5.41) is 2.30. The van der Waals surface area contributed by atoms with E-state index < -0.39 is 0 Å². The quantitative estimate of drug-likeness (QED) is 0.174. The summed E-state index contributed by atoms with van der Waals surface area (Å²) in [7, 11) is 0. The van der Waals surface area contributed by atoms with Crippen LogP contribution in [0.1, 0.15) is 25.0 Å². The molecule has 0 fully saturated rings. The van der Waals surface area contributed by atoms with Crippen LogP contribution in [-0.4, -0.2) is 0 Å². The van der Waals surface area contributed by atoms with Gasteiger partial charge >= 0.3 is 0 Å². The Morgan fingerprint density at radius 1 is 0.377 bits per heavy atom. The van der Waals surface area contributed by atoms with Crippen molar-refractivity contribution in [2.45, 2.75) is 19.3 Å². The maximum absolute atomic E-state index is 6.21. The average molecular weight is 680 g/mol. The van der Waals surface area contributed by atoms with Gasteiger partial charge in [0.1, 0.15) is 11.2 Å². The molecule has 0 spiro atoms. The number of anilines is 3. The third-order valence-electron chi connectivity index (χ3n) is 11.1. The SMILES string of the molecule is CC1(C)c2ccccc2-c2ccc(N(c3ccc(-c4ccccc4)cc3)c3ccc(-c4cccc(-c5cccc6oc7ccccc7c56)c4)cc3)cc21.